The molecule has 3 rings (SSSR count). The van der Waals surface area contributed by atoms with Crippen LogP contribution in [0.25, 0.3) is 11.0 Å². The summed E-state index contributed by atoms with van der Waals surface area (Å²) in [5, 5.41) is 10.3. The predicted molar refractivity (Wildman–Crippen MR) is 103 cm³/mol. The number of fused-ring (bicyclic) bond motifs is 1. The zero-order valence-electron chi connectivity index (χ0n) is 16.1. The molecular formula is C18H20FN5O4S. The molecule has 29 heavy (non-hydrogen) atoms. The third kappa shape index (κ3) is 4.51. The van der Waals surface area contributed by atoms with E-state index in [1.807, 2.05) is 0 Å². The number of nitrogens with one attached hydrogen (secondary N) is 1. The summed E-state index contributed by atoms with van der Waals surface area (Å²) in [7, 11) is -0.788. The Morgan fingerprint density at radius 2 is 2.00 bits per heavy atom. The van der Waals surface area contributed by atoms with Gasteiger partial charge < -0.3 is 10.2 Å². The van der Waals surface area contributed by atoms with Crippen LogP contribution in [0.15, 0.2) is 41.3 Å². The number of nitrogens with zero attached hydrogens (tertiary/aromatic N) is 4. The van der Waals surface area contributed by atoms with E-state index in [9.17, 15) is 17.6 Å². The van der Waals surface area contributed by atoms with Crippen LogP contribution in [0.5, 0.6) is 0 Å². The zero-order chi connectivity index (χ0) is 21.2. The molecule has 154 valence electrons. The molecule has 0 saturated heterocycles. The van der Waals surface area contributed by atoms with Gasteiger partial charge in [-0.15, -0.1) is 5.10 Å². The Labute approximate surface area is 167 Å². The minimum atomic E-state index is -3.64. The molecule has 11 heteroatoms. The zero-order valence-corrected chi connectivity index (χ0v) is 16.9. The molecule has 1 amide bonds. The van der Waals surface area contributed by atoms with E-state index >= 15 is 0 Å². The summed E-state index contributed by atoms with van der Waals surface area (Å²) < 4.78 is 39.2. The maximum Gasteiger partial charge on any atom is 0.261 e. The van der Waals surface area contributed by atoms with Crippen molar-refractivity contribution in [3.8, 4) is 0 Å². The second kappa shape index (κ2) is 8.13. The molecule has 0 unspecified atom stereocenters. The van der Waals surface area contributed by atoms with Crippen molar-refractivity contribution < 1.29 is 22.4 Å². The van der Waals surface area contributed by atoms with E-state index < -0.39 is 15.9 Å². The largest absolute Gasteiger partial charge is 0.385 e. The lowest BCUT2D eigenvalue weighted by Crippen LogP contribution is -2.31. The highest BCUT2D eigenvalue weighted by atomic mass is 32.2. The molecule has 0 aliphatic carbocycles. The van der Waals surface area contributed by atoms with Gasteiger partial charge in [-0.25, -0.2) is 17.1 Å². The second-order valence-electron chi connectivity index (χ2n) is 6.53. The van der Waals surface area contributed by atoms with Gasteiger partial charge in [0.15, 0.2) is 6.61 Å². The number of aromatic nitrogens is 3. The van der Waals surface area contributed by atoms with Crippen molar-refractivity contribution in [1.82, 2.24) is 24.8 Å². The number of halogens is 1. The Balaban J connectivity index is 1.67. The summed E-state index contributed by atoms with van der Waals surface area (Å²) in [5.41, 5.74) is 1.86. The van der Waals surface area contributed by atoms with Crippen molar-refractivity contribution >= 4 is 27.0 Å². The molecule has 0 spiro atoms. The minimum Gasteiger partial charge on any atom is -0.385 e. The highest BCUT2D eigenvalue weighted by molar-refractivity contribution is 7.89. The fraction of sp³-hybridized carbons (Fsp3) is 0.278. The standard InChI is InChI=1S/C18H20FN5O4S/c1-12-4-5-13(8-15(12)19)10-20-18(25)11-28-24-17-9-14(29(26,27)23(2)3)6-7-16(17)21-22-24/h4-9H,10-11H2,1-3H3,(H,20,25). The van der Waals surface area contributed by atoms with E-state index in [2.05, 4.69) is 15.6 Å². The Bertz CT molecular complexity index is 1160. The van der Waals surface area contributed by atoms with E-state index in [4.69, 9.17) is 4.84 Å². The van der Waals surface area contributed by atoms with Gasteiger partial charge in [0, 0.05) is 20.6 Å². The number of amides is 1. The molecule has 0 fully saturated rings. The Kier molecular flexibility index (Phi) is 5.80. The number of carbonyl (C=O) groups is 1. The van der Waals surface area contributed by atoms with Crippen LogP contribution in [0.3, 0.4) is 0 Å². The smallest absolute Gasteiger partial charge is 0.261 e. The molecule has 0 aliphatic heterocycles. The molecule has 0 radical (unpaired) electrons. The normalized spacial score (nSPS) is 11.8. The van der Waals surface area contributed by atoms with Gasteiger partial charge in [-0.3, -0.25) is 4.79 Å². The molecule has 0 atom stereocenters. The Morgan fingerprint density at radius 1 is 1.24 bits per heavy atom. The van der Waals surface area contributed by atoms with Crippen LogP contribution in [-0.4, -0.2) is 54.5 Å². The maximum atomic E-state index is 13.6. The number of sulfonamides is 1. The average Bonchev–Trinajstić information content (AvgIpc) is 3.09. The third-order valence-electron chi connectivity index (χ3n) is 4.21. The van der Waals surface area contributed by atoms with Gasteiger partial charge in [-0.2, -0.15) is 0 Å². The van der Waals surface area contributed by atoms with E-state index in [1.54, 1.807) is 19.1 Å². The quantitative estimate of drug-likeness (QED) is 0.607. The highest BCUT2D eigenvalue weighted by Gasteiger charge is 2.19. The first-order valence-electron chi connectivity index (χ1n) is 8.61. The van der Waals surface area contributed by atoms with Gasteiger partial charge in [-0.1, -0.05) is 17.0 Å². The summed E-state index contributed by atoms with van der Waals surface area (Å²) >= 11 is 0. The van der Waals surface area contributed by atoms with Crippen LogP contribution in [0, 0.1) is 12.7 Å². The Hall–Kier alpha value is -3.05. The van der Waals surface area contributed by atoms with Gasteiger partial charge in [0.1, 0.15) is 16.9 Å². The number of hydrogen-bond acceptors (Lipinski definition) is 6. The molecule has 2 aromatic carbocycles. The van der Waals surface area contributed by atoms with Crippen LogP contribution in [0.2, 0.25) is 0 Å². The van der Waals surface area contributed by atoms with Gasteiger partial charge in [0.25, 0.3) is 5.91 Å². The maximum absolute atomic E-state index is 13.6. The number of rotatable bonds is 7. The molecule has 9 nitrogen and oxygen atoms in total. The summed E-state index contributed by atoms with van der Waals surface area (Å²) in [6.45, 7) is 1.42. The van der Waals surface area contributed by atoms with Crippen LogP contribution in [0.1, 0.15) is 11.1 Å². The fourth-order valence-electron chi connectivity index (χ4n) is 2.46. The first kappa shape index (κ1) is 20.7. The van der Waals surface area contributed by atoms with Crippen molar-refractivity contribution in [2.75, 3.05) is 20.7 Å². The molecule has 0 bridgehead atoms. The SMILES string of the molecule is Cc1ccc(CNC(=O)COn2nnc3ccc(S(=O)(=O)N(C)C)cc32)cc1F. The summed E-state index contributed by atoms with van der Waals surface area (Å²) in [6.07, 6.45) is 0. The topological polar surface area (TPSA) is 106 Å². The third-order valence-corrected chi connectivity index (χ3v) is 6.02. The van der Waals surface area contributed by atoms with Gasteiger partial charge in [-0.05, 0) is 47.5 Å². The van der Waals surface area contributed by atoms with Crippen LogP contribution in [-0.2, 0) is 21.4 Å². The van der Waals surface area contributed by atoms with E-state index in [1.165, 1.54) is 38.4 Å². The van der Waals surface area contributed by atoms with Crippen molar-refractivity contribution in [1.29, 1.82) is 0 Å². The lowest BCUT2D eigenvalue weighted by Gasteiger charge is -2.11. The summed E-state index contributed by atoms with van der Waals surface area (Å²) in [5.74, 6) is -0.794. The van der Waals surface area contributed by atoms with E-state index in [0.717, 1.165) is 9.15 Å². The van der Waals surface area contributed by atoms with Gasteiger partial charge >= 0.3 is 0 Å². The summed E-state index contributed by atoms with van der Waals surface area (Å²) in [4.78, 5) is 18.4. The first-order valence-corrected chi connectivity index (χ1v) is 10.1. The highest BCUT2D eigenvalue weighted by Crippen LogP contribution is 2.19. The van der Waals surface area contributed by atoms with E-state index in [0.29, 0.717) is 22.2 Å². The van der Waals surface area contributed by atoms with Gasteiger partial charge in [0.2, 0.25) is 10.0 Å². The van der Waals surface area contributed by atoms with Crippen LogP contribution in [0.4, 0.5) is 4.39 Å². The van der Waals surface area contributed by atoms with Gasteiger partial charge in [0.05, 0.1) is 4.90 Å². The second-order valence-corrected chi connectivity index (χ2v) is 8.69. The number of hydrogen-bond donors (Lipinski definition) is 1. The summed E-state index contributed by atoms with van der Waals surface area (Å²) in [6, 6.07) is 9.01. The lowest BCUT2D eigenvalue weighted by molar-refractivity contribution is -0.126. The first-order chi connectivity index (χ1) is 13.7. The van der Waals surface area contributed by atoms with E-state index in [-0.39, 0.29) is 23.9 Å². The lowest BCUT2D eigenvalue weighted by atomic mass is 10.1. The Morgan fingerprint density at radius 3 is 2.69 bits per heavy atom. The molecule has 1 N–H and O–H groups in total. The average molecular weight is 421 g/mol. The van der Waals surface area contributed by atoms with Crippen LogP contribution >= 0.6 is 0 Å². The number of aryl methyl sites for hydroxylation is 1. The molecule has 1 heterocycles. The molecule has 0 aliphatic rings. The fourth-order valence-corrected chi connectivity index (χ4v) is 3.38. The molecular weight excluding hydrogens is 401 g/mol. The van der Waals surface area contributed by atoms with Crippen molar-refractivity contribution in [3.05, 3.63) is 53.3 Å². The minimum absolute atomic E-state index is 0.0491. The predicted octanol–water partition coefficient (Wildman–Crippen LogP) is 0.874. The van der Waals surface area contributed by atoms with Crippen molar-refractivity contribution in [2.24, 2.45) is 0 Å². The molecule has 0 saturated carbocycles. The van der Waals surface area contributed by atoms with Crippen molar-refractivity contribution in [2.45, 2.75) is 18.4 Å². The molecule has 1 aromatic heterocycles. The number of benzene rings is 2. The van der Waals surface area contributed by atoms with Crippen molar-refractivity contribution in [3.63, 3.8) is 0 Å². The number of carbonyl (C=O) groups excluding carboxylic acids is 1. The molecule has 3 aromatic rings. The monoisotopic (exact) mass is 421 g/mol. The van der Waals surface area contributed by atoms with Crippen LogP contribution < -0.4 is 10.2 Å².